The van der Waals surface area contributed by atoms with Gasteiger partial charge < -0.3 is 4.74 Å². The van der Waals surface area contributed by atoms with Crippen molar-refractivity contribution in [2.75, 3.05) is 7.11 Å². The Hall–Kier alpha value is -0.760. The van der Waals surface area contributed by atoms with Crippen LogP contribution in [0.25, 0.3) is 0 Å². The molecule has 2 unspecified atom stereocenters. The Bertz CT molecular complexity index is 329. The minimum Gasteiger partial charge on any atom is -0.495 e. The zero-order chi connectivity index (χ0) is 10.7. The van der Waals surface area contributed by atoms with Gasteiger partial charge in [-0.15, -0.1) is 11.6 Å². The van der Waals surface area contributed by atoms with E-state index < -0.39 is 0 Å². The number of nitrogens with zero attached hydrogens (tertiary/aromatic N) is 1. The number of aromatic nitrogens is 1. The molecule has 0 saturated heterocycles. The second kappa shape index (κ2) is 4.84. The van der Waals surface area contributed by atoms with E-state index in [1.54, 1.807) is 7.11 Å². The molecule has 82 valence electrons. The van der Waals surface area contributed by atoms with Crippen LogP contribution in [-0.4, -0.2) is 17.5 Å². The van der Waals surface area contributed by atoms with Gasteiger partial charge in [0.15, 0.2) is 0 Å². The highest BCUT2D eigenvalue weighted by Crippen LogP contribution is 2.37. The molecule has 0 N–H and O–H groups in total. The first-order valence-corrected chi connectivity index (χ1v) is 5.88. The van der Waals surface area contributed by atoms with Crippen molar-refractivity contribution in [3.8, 4) is 5.75 Å². The maximum atomic E-state index is 6.19. The summed E-state index contributed by atoms with van der Waals surface area (Å²) < 4.78 is 5.33. The second-order valence-electron chi connectivity index (χ2n) is 4.05. The summed E-state index contributed by atoms with van der Waals surface area (Å²) in [5.41, 5.74) is 1.07. The van der Waals surface area contributed by atoms with Crippen molar-refractivity contribution >= 4 is 11.6 Å². The number of ether oxygens (including phenoxy) is 1. The van der Waals surface area contributed by atoms with Gasteiger partial charge in [-0.05, 0) is 31.4 Å². The normalized spacial score (nSPS) is 26.3. The Morgan fingerprint density at radius 1 is 1.47 bits per heavy atom. The van der Waals surface area contributed by atoms with Gasteiger partial charge in [-0.2, -0.15) is 0 Å². The van der Waals surface area contributed by atoms with E-state index in [1.165, 1.54) is 12.8 Å². The van der Waals surface area contributed by atoms with Crippen molar-refractivity contribution in [3.63, 3.8) is 0 Å². The SMILES string of the molecule is COc1cccnc1C1CCCC(Cl)C1. The van der Waals surface area contributed by atoms with E-state index in [0.29, 0.717) is 11.3 Å². The number of rotatable bonds is 2. The van der Waals surface area contributed by atoms with E-state index in [2.05, 4.69) is 4.98 Å². The molecule has 2 rings (SSSR count). The lowest BCUT2D eigenvalue weighted by Gasteiger charge is -2.25. The molecule has 1 aliphatic carbocycles. The van der Waals surface area contributed by atoms with E-state index in [0.717, 1.165) is 24.3 Å². The topological polar surface area (TPSA) is 22.1 Å². The predicted octanol–water partition coefficient (Wildman–Crippen LogP) is 3.36. The van der Waals surface area contributed by atoms with E-state index in [1.807, 2.05) is 18.3 Å². The highest BCUT2D eigenvalue weighted by atomic mass is 35.5. The van der Waals surface area contributed by atoms with Gasteiger partial charge in [0.25, 0.3) is 0 Å². The number of halogens is 1. The highest BCUT2D eigenvalue weighted by Gasteiger charge is 2.24. The molecule has 1 heterocycles. The predicted molar refractivity (Wildman–Crippen MR) is 61.6 cm³/mol. The van der Waals surface area contributed by atoms with Crippen LogP contribution in [-0.2, 0) is 0 Å². The van der Waals surface area contributed by atoms with Crippen LogP contribution < -0.4 is 4.74 Å². The molecule has 15 heavy (non-hydrogen) atoms. The average molecular weight is 226 g/mol. The molecule has 1 aliphatic rings. The van der Waals surface area contributed by atoms with E-state index in [9.17, 15) is 0 Å². The summed E-state index contributed by atoms with van der Waals surface area (Å²) in [5, 5.41) is 0.301. The van der Waals surface area contributed by atoms with Crippen LogP contribution in [0.4, 0.5) is 0 Å². The van der Waals surface area contributed by atoms with Gasteiger partial charge in [0.2, 0.25) is 0 Å². The smallest absolute Gasteiger partial charge is 0.140 e. The van der Waals surface area contributed by atoms with Gasteiger partial charge in [0.05, 0.1) is 12.8 Å². The third-order valence-electron chi connectivity index (χ3n) is 3.02. The van der Waals surface area contributed by atoms with Crippen molar-refractivity contribution in [2.45, 2.75) is 37.0 Å². The third kappa shape index (κ3) is 2.43. The zero-order valence-corrected chi connectivity index (χ0v) is 9.70. The molecular formula is C12H16ClNO. The summed E-state index contributed by atoms with van der Waals surface area (Å²) in [7, 11) is 1.70. The molecule has 1 saturated carbocycles. The molecule has 1 aromatic rings. The molecule has 0 aliphatic heterocycles. The lowest BCUT2D eigenvalue weighted by Crippen LogP contribution is -2.15. The summed E-state index contributed by atoms with van der Waals surface area (Å²) in [5.74, 6) is 1.37. The van der Waals surface area contributed by atoms with Crippen molar-refractivity contribution in [1.29, 1.82) is 0 Å². The van der Waals surface area contributed by atoms with Crippen LogP contribution in [0.3, 0.4) is 0 Å². The van der Waals surface area contributed by atoms with Crippen molar-refractivity contribution < 1.29 is 4.74 Å². The number of alkyl halides is 1. The lowest BCUT2D eigenvalue weighted by molar-refractivity contribution is 0.382. The van der Waals surface area contributed by atoms with Crippen molar-refractivity contribution in [2.24, 2.45) is 0 Å². The van der Waals surface area contributed by atoms with E-state index >= 15 is 0 Å². The van der Waals surface area contributed by atoms with Crippen LogP contribution in [0.5, 0.6) is 5.75 Å². The Labute approximate surface area is 95.6 Å². The van der Waals surface area contributed by atoms with Crippen LogP contribution in [0.2, 0.25) is 0 Å². The van der Waals surface area contributed by atoms with Gasteiger partial charge in [-0.25, -0.2) is 0 Å². The van der Waals surface area contributed by atoms with Gasteiger partial charge >= 0.3 is 0 Å². The summed E-state index contributed by atoms with van der Waals surface area (Å²) >= 11 is 6.19. The third-order valence-corrected chi connectivity index (χ3v) is 3.41. The Morgan fingerprint density at radius 3 is 3.07 bits per heavy atom. The number of pyridine rings is 1. The monoisotopic (exact) mass is 225 g/mol. The number of methoxy groups -OCH3 is 1. The molecule has 0 radical (unpaired) electrons. The Morgan fingerprint density at radius 2 is 2.33 bits per heavy atom. The minimum atomic E-state index is 0.301. The second-order valence-corrected chi connectivity index (χ2v) is 4.67. The summed E-state index contributed by atoms with van der Waals surface area (Å²) in [4.78, 5) is 4.42. The fraction of sp³-hybridized carbons (Fsp3) is 0.583. The fourth-order valence-corrected chi connectivity index (χ4v) is 2.63. The Balaban J connectivity index is 2.20. The molecule has 0 aromatic carbocycles. The first kappa shape index (κ1) is 10.7. The van der Waals surface area contributed by atoms with Crippen LogP contribution in [0.1, 0.15) is 37.3 Å². The first-order valence-electron chi connectivity index (χ1n) is 5.44. The summed E-state index contributed by atoms with van der Waals surface area (Å²) in [6.45, 7) is 0. The lowest BCUT2D eigenvalue weighted by atomic mass is 9.86. The molecule has 1 aromatic heterocycles. The molecule has 3 heteroatoms. The first-order chi connectivity index (χ1) is 7.31. The van der Waals surface area contributed by atoms with Crippen LogP contribution in [0, 0.1) is 0 Å². The van der Waals surface area contributed by atoms with Crippen LogP contribution >= 0.6 is 11.6 Å². The largest absolute Gasteiger partial charge is 0.495 e. The van der Waals surface area contributed by atoms with Gasteiger partial charge in [0.1, 0.15) is 5.75 Å². The molecule has 0 spiro atoms. The van der Waals surface area contributed by atoms with Gasteiger partial charge in [-0.1, -0.05) is 6.42 Å². The molecular weight excluding hydrogens is 210 g/mol. The van der Waals surface area contributed by atoms with Crippen molar-refractivity contribution in [1.82, 2.24) is 4.98 Å². The van der Waals surface area contributed by atoms with Crippen molar-refractivity contribution in [3.05, 3.63) is 24.0 Å². The molecule has 2 nitrogen and oxygen atoms in total. The quantitative estimate of drug-likeness (QED) is 0.721. The fourth-order valence-electron chi connectivity index (χ4n) is 2.26. The van der Waals surface area contributed by atoms with Crippen LogP contribution in [0.15, 0.2) is 18.3 Å². The van der Waals surface area contributed by atoms with Gasteiger partial charge in [0, 0.05) is 17.5 Å². The minimum absolute atomic E-state index is 0.301. The van der Waals surface area contributed by atoms with E-state index in [4.69, 9.17) is 16.3 Å². The summed E-state index contributed by atoms with van der Waals surface area (Å²) in [6.07, 6.45) is 6.35. The number of hydrogen-bond donors (Lipinski definition) is 0. The molecule has 1 fully saturated rings. The maximum absolute atomic E-state index is 6.19. The molecule has 0 bridgehead atoms. The maximum Gasteiger partial charge on any atom is 0.140 e. The van der Waals surface area contributed by atoms with Gasteiger partial charge in [-0.3, -0.25) is 4.98 Å². The molecule has 0 amide bonds. The summed E-state index contributed by atoms with van der Waals surface area (Å²) in [6, 6.07) is 3.88. The van der Waals surface area contributed by atoms with E-state index in [-0.39, 0.29) is 0 Å². The Kier molecular flexibility index (Phi) is 3.47. The highest BCUT2D eigenvalue weighted by molar-refractivity contribution is 6.20. The number of hydrogen-bond acceptors (Lipinski definition) is 2. The average Bonchev–Trinajstić information content (AvgIpc) is 2.29. The zero-order valence-electron chi connectivity index (χ0n) is 8.95. The standard InChI is InChI=1S/C12H16ClNO/c1-15-11-6-3-7-14-12(11)9-4-2-5-10(13)8-9/h3,6-7,9-10H,2,4-5,8H2,1H3. The molecule has 2 atom stereocenters.